The van der Waals surface area contributed by atoms with E-state index in [1.807, 2.05) is 6.92 Å². The minimum atomic E-state index is -0.233. The van der Waals surface area contributed by atoms with Crippen LogP contribution in [-0.2, 0) is 6.42 Å². The molecule has 2 rings (SSSR count). The van der Waals surface area contributed by atoms with Crippen molar-refractivity contribution in [3.63, 3.8) is 0 Å². The Balaban J connectivity index is 2.19. The first kappa shape index (κ1) is 12.8. The molecule has 94 valence electrons. The summed E-state index contributed by atoms with van der Waals surface area (Å²) in [6.07, 6.45) is 0.669. The minimum absolute atomic E-state index is 0.233. The highest BCUT2D eigenvalue weighted by Gasteiger charge is 2.15. The van der Waals surface area contributed by atoms with Crippen LogP contribution < -0.4 is 11.1 Å². The van der Waals surface area contributed by atoms with Crippen molar-refractivity contribution in [2.45, 2.75) is 13.3 Å². The standard InChI is InChI=1S/C11H11ClN4OS/c1-2-9-10(18-16-15-9)11(17)14-6-3-4-7(12)8(13)5-6/h3-5H,2,13H2,1H3,(H,14,17). The number of nitrogens with one attached hydrogen (secondary N) is 1. The summed E-state index contributed by atoms with van der Waals surface area (Å²) in [5, 5.41) is 7.09. The van der Waals surface area contributed by atoms with E-state index in [1.54, 1.807) is 18.2 Å². The molecule has 0 spiro atoms. The van der Waals surface area contributed by atoms with E-state index < -0.39 is 0 Å². The largest absolute Gasteiger partial charge is 0.397 e. The molecule has 0 unspecified atom stereocenters. The van der Waals surface area contributed by atoms with Crippen molar-refractivity contribution in [2.24, 2.45) is 0 Å². The van der Waals surface area contributed by atoms with Gasteiger partial charge >= 0.3 is 0 Å². The number of amides is 1. The van der Waals surface area contributed by atoms with Crippen molar-refractivity contribution in [3.05, 3.63) is 33.8 Å². The van der Waals surface area contributed by atoms with Crippen LogP contribution in [0.3, 0.4) is 0 Å². The molecule has 0 radical (unpaired) electrons. The van der Waals surface area contributed by atoms with Crippen LogP contribution in [0.2, 0.25) is 5.02 Å². The summed E-state index contributed by atoms with van der Waals surface area (Å²) in [5.74, 6) is -0.233. The fourth-order valence-electron chi connectivity index (χ4n) is 1.42. The van der Waals surface area contributed by atoms with Crippen molar-refractivity contribution in [1.29, 1.82) is 0 Å². The van der Waals surface area contributed by atoms with Gasteiger partial charge in [-0.05, 0) is 36.2 Å². The highest BCUT2D eigenvalue weighted by Crippen LogP contribution is 2.23. The van der Waals surface area contributed by atoms with Gasteiger partial charge in [-0.25, -0.2) is 0 Å². The number of anilines is 2. The molecule has 2 aromatic rings. The van der Waals surface area contributed by atoms with Crippen LogP contribution in [0, 0.1) is 0 Å². The van der Waals surface area contributed by atoms with E-state index >= 15 is 0 Å². The zero-order valence-corrected chi connectivity index (χ0v) is 11.2. The SMILES string of the molecule is CCc1nnsc1C(=O)Nc1ccc(Cl)c(N)c1. The molecule has 5 nitrogen and oxygen atoms in total. The second kappa shape index (κ2) is 5.32. The predicted octanol–water partition coefficient (Wildman–Crippen LogP) is 2.59. The third kappa shape index (κ3) is 2.60. The molecule has 0 aliphatic rings. The van der Waals surface area contributed by atoms with Crippen LogP contribution in [0.1, 0.15) is 22.3 Å². The van der Waals surface area contributed by atoms with E-state index in [-0.39, 0.29) is 5.91 Å². The van der Waals surface area contributed by atoms with E-state index in [2.05, 4.69) is 14.9 Å². The van der Waals surface area contributed by atoms with Gasteiger partial charge < -0.3 is 11.1 Å². The first-order valence-corrected chi connectivity index (χ1v) is 6.44. The number of aryl methyl sites for hydroxylation is 1. The second-order valence-electron chi connectivity index (χ2n) is 3.59. The summed E-state index contributed by atoms with van der Waals surface area (Å²) in [6.45, 7) is 1.92. The monoisotopic (exact) mass is 282 g/mol. The molecule has 7 heteroatoms. The molecule has 1 heterocycles. The van der Waals surface area contributed by atoms with E-state index in [9.17, 15) is 4.79 Å². The number of hydrogen-bond donors (Lipinski definition) is 2. The number of nitrogen functional groups attached to an aromatic ring is 1. The number of hydrogen-bond acceptors (Lipinski definition) is 5. The molecule has 3 N–H and O–H groups in total. The lowest BCUT2D eigenvalue weighted by molar-refractivity contribution is 0.102. The molecule has 1 aromatic heterocycles. The Labute approximate surface area is 113 Å². The lowest BCUT2D eigenvalue weighted by Gasteiger charge is -2.05. The van der Waals surface area contributed by atoms with E-state index in [4.69, 9.17) is 17.3 Å². The average Bonchev–Trinajstić information content (AvgIpc) is 2.82. The van der Waals surface area contributed by atoms with Gasteiger partial charge in [-0.3, -0.25) is 4.79 Å². The van der Waals surface area contributed by atoms with Gasteiger partial charge in [-0.2, -0.15) is 0 Å². The molecule has 0 aliphatic heterocycles. The molecular formula is C11H11ClN4OS. The lowest BCUT2D eigenvalue weighted by Crippen LogP contribution is -2.12. The maximum atomic E-state index is 12.0. The summed E-state index contributed by atoms with van der Waals surface area (Å²) in [6, 6.07) is 4.94. The number of carbonyl (C=O) groups is 1. The van der Waals surface area contributed by atoms with E-state index in [0.717, 1.165) is 11.5 Å². The van der Waals surface area contributed by atoms with Crippen molar-refractivity contribution in [3.8, 4) is 0 Å². The third-order valence-electron chi connectivity index (χ3n) is 2.35. The fourth-order valence-corrected chi connectivity index (χ4v) is 2.18. The number of halogens is 1. The Morgan fingerprint density at radius 2 is 2.33 bits per heavy atom. The first-order chi connectivity index (χ1) is 8.61. The number of nitrogens with two attached hydrogens (primary N) is 1. The molecule has 0 bridgehead atoms. The molecule has 1 aromatic carbocycles. The number of carbonyl (C=O) groups excluding carboxylic acids is 1. The minimum Gasteiger partial charge on any atom is -0.397 e. The van der Waals surface area contributed by atoms with Crippen molar-refractivity contribution in [2.75, 3.05) is 11.1 Å². The Bertz CT molecular complexity index is 584. The van der Waals surface area contributed by atoms with Gasteiger partial charge in [-0.1, -0.05) is 23.0 Å². The van der Waals surface area contributed by atoms with Gasteiger partial charge in [0.25, 0.3) is 5.91 Å². The maximum Gasteiger partial charge on any atom is 0.269 e. The van der Waals surface area contributed by atoms with Crippen molar-refractivity contribution >= 4 is 40.4 Å². The molecule has 0 saturated carbocycles. The summed E-state index contributed by atoms with van der Waals surface area (Å²) in [5.41, 5.74) is 7.38. The summed E-state index contributed by atoms with van der Waals surface area (Å²) >= 11 is 6.89. The van der Waals surface area contributed by atoms with Crippen LogP contribution >= 0.6 is 23.1 Å². The van der Waals surface area contributed by atoms with Crippen molar-refractivity contribution < 1.29 is 4.79 Å². The normalized spacial score (nSPS) is 10.3. The Morgan fingerprint density at radius 3 is 3.00 bits per heavy atom. The van der Waals surface area contributed by atoms with Crippen LogP contribution in [0.5, 0.6) is 0 Å². The summed E-state index contributed by atoms with van der Waals surface area (Å²) in [4.78, 5) is 12.5. The molecule has 18 heavy (non-hydrogen) atoms. The molecule has 1 amide bonds. The van der Waals surface area contributed by atoms with E-state index in [1.165, 1.54) is 0 Å². The molecule has 0 fully saturated rings. The number of aromatic nitrogens is 2. The average molecular weight is 283 g/mol. The second-order valence-corrected chi connectivity index (χ2v) is 4.75. The highest BCUT2D eigenvalue weighted by atomic mass is 35.5. The van der Waals surface area contributed by atoms with Gasteiger partial charge in [0.1, 0.15) is 4.88 Å². The van der Waals surface area contributed by atoms with Gasteiger partial charge in [-0.15, -0.1) is 5.10 Å². The number of nitrogens with zero attached hydrogens (tertiary/aromatic N) is 2. The van der Waals surface area contributed by atoms with Crippen LogP contribution in [-0.4, -0.2) is 15.5 Å². The highest BCUT2D eigenvalue weighted by molar-refractivity contribution is 7.08. The topological polar surface area (TPSA) is 80.9 Å². The first-order valence-electron chi connectivity index (χ1n) is 5.29. The fraction of sp³-hybridized carbons (Fsp3) is 0.182. The van der Waals surface area contributed by atoms with Gasteiger partial charge in [0.15, 0.2) is 0 Å². The smallest absolute Gasteiger partial charge is 0.269 e. The number of benzene rings is 1. The summed E-state index contributed by atoms with van der Waals surface area (Å²) < 4.78 is 3.77. The zero-order valence-electron chi connectivity index (χ0n) is 9.61. The third-order valence-corrected chi connectivity index (χ3v) is 3.46. The van der Waals surface area contributed by atoms with Crippen molar-refractivity contribution in [1.82, 2.24) is 9.59 Å². The Morgan fingerprint density at radius 1 is 1.56 bits per heavy atom. The maximum absolute atomic E-state index is 12.0. The lowest BCUT2D eigenvalue weighted by atomic mass is 10.2. The van der Waals surface area contributed by atoms with Gasteiger partial charge in [0.05, 0.1) is 16.4 Å². The summed E-state index contributed by atoms with van der Waals surface area (Å²) in [7, 11) is 0. The van der Waals surface area contributed by atoms with Crippen LogP contribution in [0.15, 0.2) is 18.2 Å². The quantitative estimate of drug-likeness (QED) is 0.848. The van der Waals surface area contributed by atoms with Gasteiger partial charge in [0.2, 0.25) is 0 Å². The Hall–Kier alpha value is -1.66. The molecule has 0 aliphatic carbocycles. The zero-order chi connectivity index (χ0) is 13.1. The van der Waals surface area contributed by atoms with Gasteiger partial charge in [0, 0.05) is 5.69 Å². The van der Waals surface area contributed by atoms with E-state index in [0.29, 0.717) is 33.4 Å². The molecule has 0 atom stereocenters. The molecular weight excluding hydrogens is 272 g/mol. The van der Waals surface area contributed by atoms with Crippen LogP contribution in [0.4, 0.5) is 11.4 Å². The predicted molar refractivity (Wildman–Crippen MR) is 73.1 cm³/mol. The molecule has 0 saturated heterocycles. The number of rotatable bonds is 3. The van der Waals surface area contributed by atoms with Crippen LogP contribution in [0.25, 0.3) is 0 Å². The Kier molecular flexibility index (Phi) is 3.78.